The molecule has 0 spiro atoms. The van der Waals surface area contributed by atoms with E-state index in [4.69, 9.17) is 4.74 Å². The molecule has 24 heavy (non-hydrogen) atoms. The molecule has 0 saturated heterocycles. The average Bonchev–Trinajstić information content (AvgIpc) is 2.60. The minimum atomic E-state index is -0.0125. The second-order valence-corrected chi connectivity index (χ2v) is 5.39. The fourth-order valence-corrected chi connectivity index (χ4v) is 2.30. The Hall–Kier alpha value is -2.63. The van der Waals surface area contributed by atoms with Gasteiger partial charge in [0.2, 0.25) is 5.91 Å². The highest BCUT2D eigenvalue weighted by Crippen LogP contribution is 2.19. The summed E-state index contributed by atoms with van der Waals surface area (Å²) in [6.45, 7) is 6.60. The average molecular weight is 328 g/mol. The highest BCUT2D eigenvalue weighted by Gasteiger charge is 2.14. The SMILES string of the molecule is CCOc1ccc(Nc2ccc(NC(=O)C(CC)CC)nn2)cc1. The van der Waals surface area contributed by atoms with Gasteiger partial charge < -0.3 is 15.4 Å². The highest BCUT2D eigenvalue weighted by atomic mass is 16.5. The molecule has 2 N–H and O–H groups in total. The Balaban J connectivity index is 1.95. The van der Waals surface area contributed by atoms with Crippen molar-refractivity contribution >= 4 is 23.2 Å². The highest BCUT2D eigenvalue weighted by molar-refractivity contribution is 5.91. The van der Waals surface area contributed by atoms with E-state index in [2.05, 4.69) is 20.8 Å². The fraction of sp³-hybridized carbons (Fsp3) is 0.389. The number of rotatable bonds is 8. The van der Waals surface area contributed by atoms with Crippen molar-refractivity contribution in [2.24, 2.45) is 5.92 Å². The fourth-order valence-electron chi connectivity index (χ4n) is 2.30. The summed E-state index contributed by atoms with van der Waals surface area (Å²) < 4.78 is 5.41. The molecule has 1 aromatic carbocycles. The monoisotopic (exact) mass is 328 g/mol. The second-order valence-electron chi connectivity index (χ2n) is 5.39. The minimum Gasteiger partial charge on any atom is -0.494 e. The zero-order valence-electron chi connectivity index (χ0n) is 14.4. The first-order valence-electron chi connectivity index (χ1n) is 8.30. The van der Waals surface area contributed by atoms with Gasteiger partial charge in [0.05, 0.1) is 6.61 Å². The Kier molecular flexibility index (Phi) is 6.54. The van der Waals surface area contributed by atoms with Crippen molar-refractivity contribution < 1.29 is 9.53 Å². The van der Waals surface area contributed by atoms with E-state index in [0.29, 0.717) is 18.2 Å². The molecule has 0 radical (unpaired) electrons. The number of nitrogens with one attached hydrogen (secondary N) is 2. The summed E-state index contributed by atoms with van der Waals surface area (Å²) in [4.78, 5) is 12.0. The lowest BCUT2D eigenvalue weighted by Gasteiger charge is -2.12. The topological polar surface area (TPSA) is 76.1 Å². The van der Waals surface area contributed by atoms with Crippen LogP contribution >= 0.6 is 0 Å². The van der Waals surface area contributed by atoms with E-state index in [0.717, 1.165) is 24.3 Å². The van der Waals surface area contributed by atoms with Crippen molar-refractivity contribution in [3.05, 3.63) is 36.4 Å². The van der Waals surface area contributed by atoms with Gasteiger partial charge in [-0.1, -0.05) is 13.8 Å². The van der Waals surface area contributed by atoms with Gasteiger partial charge in [-0.2, -0.15) is 0 Å². The van der Waals surface area contributed by atoms with Gasteiger partial charge in [0, 0.05) is 11.6 Å². The van der Waals surface area contributed by atoms with Crippen LogP contribution in [0.25, 0.3) is 0 Å². The molecule has 0 fully saturated rings. The summed E-state index contributed by atoms with van der Waals surface area (Å²) in [5.41, 5.74) is 0.890. The van der Waals surface area contributed by atoms with Gasteiger partial charge in [0.25, 0.3) is 0 Å². The van der Waals surface area contributed by atoms with Crippen molar-refractivity contribution in [1.29, 1.82) is 0 Å². The number of hydrogen-bond donors (Lipinski definition) is 2. The van der Waals surface area contributed by atoms with Crippen LogP contribution in [-0.4, -0.2) is 22.7 Å². The number of carbonyl (C=O) groups excluding carboxylic acids is 1. The number of carbonyl (C=O) groups is 1. The van der Waals surface area contributed by atoms with Crippen LogP contribution in [-0.2, 0) is 4.79 Å². The smallest absolute Gasteiger partial charge is 0.228 e. The zero-order chi connectivity index (χ0) is 17.4. The molecule has 0 aliphatic carbocycles. The summed E-state index contributed by atoms with van der Waals surface area (Å²) in [6.07, 6.45) is 1.63. The summed E-state index contributed by atoms with van der Waals surface area (Å²) in [7, 11) is 0. The Morgan fingerprint density at radius 2 is 1.62 bits per heavy atom. The Labute approximate surface area is 142 Å². The number of aromatic nitrogens is 2. The summed E-state index contributed by atoms with van der Waals surface area (Å²) in [5, 5.41) is 14.1. The number of ether oxygens (including phenoxy) is 1. The van der Waals surface area contributed by atoms with Crippen LogP contribution in [0.4, 0.5) is 17.3 Å². The molecule has 6 nitrogen and oxygen atoms in total. The van der Waals surface area contributed by atoms with Crippen LogP contribution in [0.15, 0.2) is 36.4 Å². The number of amides is 1. The first kappa shape index (κ1) is 17.7. The van der Waals surface area contributed by atoms with Gasteiger partial charge in [-0.3, -0.25) is 4.79 Å². The molecule has 128 valence electrons. The van der Waals surface area contributed by atoms with Gasteiger partial charge in [0.15, 0.2) is 11.6 Å². The molecule has 2 aromatic rings. The van der Waals surface area contributed by atoms with Gasteiger partial charge in [-0.25, -0.2) is 0 Å². The summed E-state index contributed by atoms with van der Waals surface area (Å²) >= 11 is 0. The van der Waals surface area contributed by atoms with Crippen LogP contribution < -0.4 is 15.4 Å². The van der Waals surface area contributed by atoms with E-state index >= 15 is 0 Å². The number of benzene rings is 1. The van der Waals surface area contributed by atoms with Crippen LogP contribution in [0.3, 0.4) is 0 Å². The van der Waals surface area contributed by atoms with Gasteiger partial charge in [-0.15, -0.1) is 10.2 Å². The quantitative estimate of drug-likeness (QED) is 0.766. The number of hydrogen-bond acceptors (Lipinski definition) is 5. The maximum atomic E-state index is 12.0. The van der Waals surface area contributed by atoms with Gasteiger partial charge in [-0.05, 0) is 56.2 Å². The summed E-state index contributed by atoms with van der Waals surface area (Å²) in [6, 6.07) is 11.1. The lowest BCUT2D eigenvalue weighted by molar-refractivity contribution is -0.120. The van der Waals surface area contributed by atoms with E-state index in [1.807, 2.05) is 45.0 Å². The maximum Gasteiger partial charge on any atom is 0.228 e. The van der Waals surface area contributed by atoms with Gasteiger partial charge >= 0.3 is 0 Å². The Morgan fingerprint density at radius 1 is 1.00 bits per heavy atom. The van der Waals surface area contributed by atoms with Crippen molar-refractivity contribution in [3.8, 4) is 5.75 Å². The molecule has 1 heterocycles. The van der Waals surface area contributed by atoms with Crippen molar-refractivity contribution in [2.45, 2.75) is 33.6 Å². The molecule has 0 aliphatic heterocycles. The van der Waals surface area contributed by atoms with Crippen LogP contribution in [0.5, 0.6) is 5.75 Å². The predicted molar refractivity (Wildman–Crippen MR) is 95.6 cm³/mol. The zero-order valence-corrected chi connectivity index (χ0v) is 14.4. The molecular formula is C18H24N4O2. The predicted octanol–water partition coefficient (Wildman–Crippen LogP) is 3.99. The lowest BCUT2D eigenvalue weighted by Crippen LogP contribution is -2.22. The van der Waals surface area contributed by atoms with Gasteiger partial charge in [0.1, 0.15) is 5.75 Å². The largest absolute Gasteiger partial charge is 0.494 e. The third-order valence-electron chi connectivity index (χ3n) is 3.71. The molecular weight excluding hydrogens is 304 g/mol. The minimum absolute atomic E-state index is 0.00783. The number of anilines is 3. The molecule has 0 unspecified atom stereocenters. The van der Waals surface area contributed by atoms with Crippen molar-refractivity contribution in [3.63, 3.8) is 0 Å². The standard InChI is InChI=1S/C18H24N4O2/c1-4-13(5-2)18(23)20-17-12-11-16(21-22-17)19-14-7-9-15(10-8-14)24-6-3/h7-13H,4-6H2,1-3H3,(H,19,21)(H,20,22,23). The molecule has 6 heteroatoms. The Bertz CT molecular complexity index is 637. The molecule has 0 aliphatic rings. The van der Waals surface area contributed by atoms with E-state index in [1.165, 1.54) is 0 Å². The molecule has 0 saturated carbocycles. The molecule has 1 amide bonds. The van der Waals surface area contributed by atoms with Crippen molar-refractivity contribution in [2.75, 3.05) is 17.2 Å². The van der Waals surface area contributed by atoms with Crippen LogP contribution in [0, 0.1) is 5.92 Å². The second kappa shape index (κ2) is 8.86. The summed E-state index contributed by atoms with van der Waals surface area (Å²) in [5.74, 6) is 1.90. The lowest BCUT2D eigenvalue weighted by atomic mass is 10.0. The molecule has 1 aromatic heterocycles. The van der Waals surface area contributed by atoms with E-state index in [1.54, 1.807) is 12.1 Å². The van der Waals surface area contributed by atoms with E-state index < -0.39 is 0 Å². The normalized spacial score (nSPS) is 10.5. The Morgan fingerprint density at radius 3 is 2.17 bits per heavy atom. The van der Waals surface area contributed by atoms with E-state index in [9.17, 15) is 4.79 Å². The number of nitrogens with zero attached hydrogens (tertiary/aromatic N) is 2. The van der Waals surface area contributed by atoms with Crippen LogP contribution in [0.1, 0.15) is 33.6 Å². The third-order valence-corrected chi connectivity index (χ3v) is 3.71. The molecule has 0 atom stereocenters. The molecule has 2 rings (SSSR count). The first-order chi connectivity index (χ1) is 11.7. The van der Waals surface area contributed by atoms with E-state index in [-0.39, 0.29) is 11.8 Å². The molecule has 0 bridgehead atoms. The first-order valence-corrected chi connectivity index (χ1v) is 8.30. The third kappa shape index (κ3) is 4.94. The van der Waals surface area contributed by atoms with Crippen molar-refractivity contribution in [1.82, 2.24) is 10.2 Å². The maximum absolute atomic E-state index is 12.0. The van der Waals surface area contributed by atoms with Crippen LogP contribution in [0.2, 0.25) is 0 Å².